The molecule has 0 radical (unpaired) electrons. The van der Waals surface area contributed by atoms with Crippen molar-refractivity contribution in [2.45, 2.75) is 38.8 Å². The number of hydrogen-bond acceptors (Lipinski definition) is 3. The Morgan fingerprint density at radius 1 is 1.62 bits per heavy atom. The minimum Gasteiger partial charge on any atom is -0.383 e. The zero-order valence-electron chi connectivity index (χ0n) is 9.95. The van der Waals surface area contributed by atoms with Crippen LogP contribution in [0, 0.1) is 0 Å². The summed E-state index contributed by atoms with van der Waals surface area (Å²) in [6.07, 6.45) is 4.80. The van der Waals surface area contributed by atoms with E-state index in [1.807, 2.05) is 10.9 Å². The number of rotatable bonds is 7. The molecule has 1 aromatic rings. The first-order valence-corrected chi connectivity index (χ1v) is 6.43. The Morgan fingerprint density at radius 2 is 2.38 bits per heavy atom. The summed E-state index contributed by atoms with van der Waals surface area (Å²) in [7, 11) is 1.70. The van der Waals surface area contributed by atoms with E-state index in [9.17, 15) is 0 Å². The van der Waals surface area contributed by atoms with Crippen LogP contribution < -0.4 is 5.73 Å². The van der Waals surface area contributed by atoms with Crippen molar-refractivity contribution in [3.05, 3.63) is 16.4 Å². The van der Waals surface area contributed by atoms with E-state index >= 15 is 0 Å². The molecular formula is C11H20BrN3O. The first-order chi connectivity index (χ1) is 7.69. The zero-order valence-corrected chi connectivity index (χ0v) is 11.5. The average molecular weight is 290 g/mol. The van der Waals surface area contributed by atoms with Crippen LogP contribution in [-0.2, 0) is 17.7 Å². The minimum atomic E-state index is 0.276. The predicted molar refractivity (Wildman–Crippen MR) is 68.4 cm³/mol. The number of nitrogens with two attached hydrogens (primary N) is 1. The summed E-state index contributed by atoms with van der Waals surface area (Å²) in [5.41, 5.74) is 7.13. The number of ether oxygens (including phenoxy) is 1. The lowest BCUT2D eigenvalue weighted by Gasteiger charge is -2.11. The summed E-state index contributed by atoms with van der Waals surface area (Å²) >= 11 is 3.52. The van der Waals surface area contributed by atoms with E-state index in [0.29, 0.717) is 6.61 Å². The first-order valence-electron chi connectivity index (χ1n) is 5.63. The summed E-state index contributed by atoms with van der Waals surface area (Å²) in [5, 5.41) is 4.31. The van der Waals surface area contributed by atoms with Gasteiger partial charge in [-0.25, -0.2) is 0 Å². The quantitative estimate of drug-likeness (QED) is 0.835. The van der Waals surface area contributed by atoms with Crippen LogP contribution in [0.1, 0.15) is 25.5 Å². The van der Waals surface area contributed by atoms with E-state index in [1.165, 1.54) is 5.69 Å². The van der Waals surface area contributed by atoms with Crippen LogP contribution in [0.3, 0.4) is 0 Å². The maximum Gasteiger partial charge on any atom is 0.0658 e. The van der Waals surface area contributed by atoms with E-state index in [1.54, 1.807) is 7.11 Å². The van der Waals surface area contributed by atoms with Gasteiger partial charge in [0, 0.05) is 13.2 Å². The molecule has 5 heteroatoms. The second kappa shape index (κ2) is 7.04. The van der Waals surface area contributed by atoms with E-state index < -0.39 is 0 Å². The van der Waals surface area contributed by atoms with E-state index in [4.69, 9.17) is 10.5 Å². The molecule has 4 nitrogen and oxygen atoms in total. The molecule has 0 saturated heterocycles. The third-order valence-electron chi connectivity index (χ3n) is 2.68. The van der Waals surface area contributed by atoms with Crippen molar-refractivity contribution in [1.82, 2.24) is 9.78 Å². The normalized spacial score (nSPS) is 13.0. The van der Waals surface area contributed by atoms with Crippen molar-refractivity contribution in [3.63, 3.8) is 0 Å². The summed E-state index contributed by atoms with van der Waals surface area (Å²) in [5.74, 6) is 0. The molecule has 0 spiro atoms. The molecule has 1 aromatic heterocycles. The molecule has 0 aliphatic heterocycles. The molecule has 0 aromatic carbocycles. The van der Waals surface area contributed by atoms with Crippen LogP contribution in [0.4, 0.5) is 0 Å². The Hall–Kier alpha value is -0.390. The lowest BCUT2D eigenvalue weighted by Crippen LogP contribution is -2.20. The largest absolute Gasteiger partial charge is 0.383 e. The first kappa shape index (κ1) is 13.7. The fraction of sp³-hybridized carbons (Fsp3) is 0.727. The number of halogens is 1. The van der Waals surface area contributed by atoms with Crippen molar-refractivity contribution in [2.24, 2.45) is 5.73 Å². The van der Waals surface area contributed by atoms with Gasteiger partial charge in [-0.15, -0.1) is 0 Å². The molecule has 0 aliphatic carbocycles. The van der Waals surface area contributed by atoms with Crippen molar-refractivity contribution < 1.29 is 4.74 Å². The molecule has 1 atom stereocenters. The lowest BCUT2D eigenvalue weighted by molar-refractivity contribution is 0.182. The molecule has 16 heavy (non-hydrogen) atoms. The molecule has 0 amide bonds. The molecule has 2 N–H and O–H groups in total. The highest BCUT2D eigenvalue weighted by Gasteiger charge is 2.10. The third kappa shape index (κ3) is 3.88. The van der Waals surface area contributed by atoms with Crippen LogP contribution in [-0.4, -0.2) is 29.5 Å². The summed E-state index contributed by atoms with van der Waals surface area (Å²) in [4.78, 5) is 0. The second-order valence-electron chi connectivity index (χ2n) is 3.86. The molecule has 0 saturated carbocycles. The Labute approximate surface area is 105 Å². The maximum atomic E-state index is 5.92. The number of methoxy groups -OCH3 is 1. The fourth-order valence-corrected chi connectivity index (χ4v) is 2.03. The van der Waals surface area contributed by atoms with Crippen molar-refractivity contribution in [3.8, 4) is 0 Å². The van der Waals surface area contributed by atoms with E-state index in [2.05, 4.69) is 28.0 Å². The van der Waals surface area contributed by atoms with Gasteiger partial charge in [-0.05, 0) is 35.2 Å². The van der Waals surface area contributed by atoms with Gasteiger partial charge in [-0.1, -0.05) is 6.92 Å². The van der Waals surface area contributed by atoms with E-state index in [0.717, 1.165) is 30.3 Å². The van der Waals surface area contributed by atoms with Crippen molar-refractivity contribution >= 4 is 15.9 Å². The Bertz CT molecular complexity index is 314. The van der Waals surface area contributed by atoms with Crippen LogP contribution >= 0.6 is 15.9 Å². The molecular weight excluding hydrogens is 270 g/mol. The number of nitrogens with zero attached hydrogens (tertiary/aromatic N) is 2. The Morgan fingerprint density at radius 3 is 3.00 bits per heavy atom. The molecule has 1 rings (SSSR count). The lowest BCUT2D eigenvalue weighted by atomic mass is 10.1. The van der Waals surface area contributed by atoms with Gasteiger partial charge in [-0.3, -0.25) is 4.68 Å². The second-order valence-corrected chi connectivity index (χ2v) is 4.72. The number of aromatic nitrogens is 2. The van der Waals surface area contributed by atoms with Gasteiger partial charge in [0.15, 0.2) is 0 Å². The van der Waals surface area contributed by atoms with Gasteiger partial charge in [0.25, 0.3) is 0 Å². The van der Waals surface area contributed by atoms with Crippen LogP contribution in [0.15, 0.2) is 10.7 Å². The van der Waals surface area contributed by atoms with E-state index in [-0.39, 0.29) is 6.04 Å². The highest BCUT2D eigenvalue weighted by molar-refractivity contribution is 9.10. The molecule has 0 aliphatic rings. The molecule has 92 valence electrons. The molecule has 0 bridgehead atoms. The highest BCUT2D eigenvalue weighted by atomic mass is 79.9. The topological polar surface area (TPSA) is 53.1 Å². The predicted octanol–water partition coefficient (Wildman–Crippen LogP) is 1.96. The summed E-state index contributed by atoms with van der Waals surface area (Å²) in [6, 6.07) is 0.276. The SMILES string of the molecule is CCC(N)CCc1c(Br)cnn1CCOC. The standard InChI is InChI=1S/C11H20BrN3O/c1-3-9(13)4-5-11-10(12)8-14-15(11)6-7-16-2/h8-9H,3-7,13H2,1-2H3. The minimum absolute atomic E-state index is 0.276. The van der Waals surface area contributed by atoms with Crippen molar-refractivity contribution in [1.29, 1.82) is 0 Å². The van der Waals surface area contributed by atoms with Gasteiger partial charge >= 0.3 is 0 Å². The average Bonchev–Trinajstić information content (AvgIpc) is 2.64. The highest BCUT2D eigenvalue weighted by Crippen LogP contribution is 2.18. The van der Waals surface area contributed by atoms with Crippen LogP contribution in [0.5, 0.6) is 0 Å². The number of hydrogen-bond donors (Lipinski definition) is 1. The molecule has 1 heterocycles. The fourth-order valence-electron chi connectivity index (χ4n) is 1.53. The van der Waals surface area contributed by atoms with Gasteiger partial charge in [0.2, 0.25) is 0 Å². The van der Waals surface area contributed by atoms with Gasteiger partial charge in [0.1, 0.15) is 0 Å². The van der Waals surface area contributed by atoms with Gasteiger partial charge in [0.05, 0.1) is 29.5 Å². The molecule has 1 unspecified atom stereocenters. The zero-order chi connectivity index (χ0) is 12.0. The van der Waals surface area contributed by atoms with Crippen molar-refractivity contribution in [2.75, 3.05) is 13.7 Å². The maximum absolute atomic E-state index is 5.92. The van der Waals surface area contributed by atoms with Crippen LogP contribution in [0.25, 0.3) is 0 Å². The van der Waals surface area contributed by atoms with Gasteiger partial charge in [-0.2, -0.15) is 5.10 Å². The third-order valence-corrected chi connectivity index (χ3v) is 3.34. The van der Waals surface area contributed by atoms with Gasteiger partial charge < -0.3 is 10.5 Å². The summed E-state index contributed by atoms with van der Waals surface area (Å²) < 4.78 is 8.10. The van der Waals surface area contributed by atoms with Crippen LogP contribution in [0.2, 0.25) is 0 Å². The monoisotopic (exact) mass is 289 g/mol. The Balaban J connectivity index is 2.58. The smallest absolute Gasteiger partial charge is 0.0658 e. The Kier molecular flexibility index (Phi) is 6.01. The molecule has 0 fully saturated rings. The summed E-state index contributed by atoms with van der Waals surface area (Å²) in [6.45, 7) is 3.58.